The molecule has 1 N–H and O–H groups in total. The molecule has 1 aliphatic carbocycles. The number of rotatable bonds is 11. The molecule has 0 saturated heterocycles. The highest BCUT2D eigenvalue weighted by Crippen LogP contribution is 2.32. The Bertz CT molecular complexity index is 1250. The number of nitrogens with one attached hydrogen (secondary N) is 1. The molecule has 0 bridgehead atoms. The molecule has 2 aromatic rings. The average Bonchev–Trinajstić information content (AvgIpc) is 3.37. The first-order chi connectivity index (χ1) is 18.3. The first-order valence-corrected chi connectivity index (χ1v) is 15.0. The van der Waals surface area contributed by atoms with Crippen molar-refractivity contribution in [2.24, 2.45) is 0 Å². The van der Waals surface area contributed by atoms with E-state index in [-0.39, 0.29) is 49.5 Å². The Hall–Kier alpha value is -2.79. The van der Waals surface area contributed by atoms with Crippen LogP contribution in [-0.4, -0.2) is 50.0 Å². The summed E-state index contributed by atoms with van der Waals surface area (Å²) in [5.41, 5.74) is -0.349. The monoisotopic (exact) mass is 587 g/mol. The van der Waals surface area contributed by atoms with Crippen molar-refractivity contribution in [1.82, 2.24) is 10.2 Å². The van der Waals surface area contributed by atoms with Crippen LogP contribution in [0.25, 0.3) is 0 Å². The van der Waals surface area contributed by atoms with E-state index in [1.165, 1.54) is 11.0 Å². The Morgan fingerprint density at radius 3 is 2.33 bits per heavy atom. The molecule has 1 atom stereocenters. The van der Waals surface area contributed by atoms with Crippen LogP contribution in [0.5, 0.6) is 0 Å². The van der Waals surface area contributed by atoms with Gasteiger partial charge in [-0.2, -0.15) is 13.2 Å². The number of sulfonamides is 1. The highest BCUT2D eigenvalue weighted by atomic mass is 35.5. The topological polar surface area (TPSA) is 86.8 Å². The fraction of sp³-hybridized carbons (Fsp3) is 0.481. The number of carbonyl (C=O) groups is 2. The predicted molar refractivity (Wildman–Crippen MR) is 145 cm³/mol. The molecular weight excluding hydrogens is 555 g/mol. The summed E-state index contributed by atoms with van der Waals surface area (Å²) in [4.78, 5) is 27.8. The zero-order valence-electron chi connectivity index (χ0n) is 21.9. The van der Waals surface area contributed by atoms with Crippen molar-refractivity contribution < 1.29 is 31.2 Å². The highest BCUT2D eigenvalue weighted by Gasteiger charge is 2.32. The average molecular weight is 588 g/mol. The molecule has 2 aromatic carbocycles. The molecule has 12 heteroatoms. The number of halogens is 4. The lowest BCUT2D eigenvalue weighted by molar-refractivity contribution is -0.141. The summed E-state index contributed by atoms with van der Waals surface area (Å²) in [5.74, 6) is -0.651. The van der Waals surface area contributed by atoms with Crippen LogP contribution < -0.4 is 9.62 Å². The maximum Gasteiger partial charge on any atom is 0.416 e. The van der Waals surface area contributed by atoms with Crippen LogP contribution in [0.15, 0.2) is 48.5 Å². The largest absolute Gasteiger partial charge is 0.416 e. The Kier molecular flexibility index (Phi) is 10.3. The van der Waals surface area contributed by atoms with Crippen molar-refractivity contribution in [2.45, 2.75) is 70.3 Å². The summed E-state index contributed by atoms with van der Waals surface area (Å²) < 4.78 is 65.3. The maximum atomic E-state index is 13.4. The predicted octanol–water partition coefficient (Wildman–Crippen LogP) is 5.38. The number of nitrogens with zero attached hydrogens (tertiary/aromatic N) is 2. The van der Waals surface area contributed by atoms with Crippen LogP contribution in [0.2, 0.25) is 5.02 Å². The van der Waals surface area contributed by atoms with E-state index in [0.29, 0.717) is 5.02 Å². The van der Waals surface area contributed by atoms with Gasteiger partial charge in [-0.05, 0) is 62.1 Å². The van der Waals surface area contributed by atoms with Gasteiger partial charge in [0.15, 0.2) is 0 Å². The molecule has 0 aliphatic heterocycles. The van der Waals surface area contributed by atoms with Crippen molar-refractivity contribution in [2.75, 3.05) is 17.1 Å². The van der Waals surface area contributed by atoms with Crippen molar-refractivity contribution in [3.05, 3.63) is 64.7 Å². The lowest BCUT2D eigenvalue weighted by atomic mass is 10.1. The fourth-order valence-corrected chi connectivity index (χ4v) is 5.69. The second kappa shape index (κ2) is 13.0. The van der Waals surface area contributed by atoms with Crippen LogP contribution in [0.4, 0.5) is 18.9 Å². The summed E-state index contributed by atoms with van der Waals surface area (Å²) in [7, 11) is -3.93. The highest BCUT2D eigenvalue weighted by molar-refractivity contribution is 7.92. The molecule has 0 radical (unpaired) electrons. The Morgan fingerprint density at radius 1 is 1.10 bits per heavy atom. The van der Waals surface area contributed by atoms with Gasteiger partial charge in [-0.25, -0.2) is 8.42 Å². The van der Waals surface area contributed by atoms with E-state index in [2.05, 4.69) is 5.32 Å². The lowest BCUT2D eigenvalue weighted by Crippen LogP contribution is -2.49. The lowest BCUT2D eigenvalue weighted by Gasteiger charge is -2.30. The maximum absolute atomic E-state index is 13.4. The van der Waals surface area contributed by atoms with E-state index in [1.807, 2.05) is 0 Å². The number of benzene rings is 2. The van der Waals surface area contributed by atoms with E-state index in [0.717, 1.165) is 60.0 Å². The smallest absolute Gasteiger partial charge is 0.352 e. The van der Waals surface area contributed by atoms with Gasteiger partial charge in [-0.15, -0.1) is 0 Å². The number of alkyl halides is 3. The molecule has 1 aliphatic rings. The number of hydrogen-bond acceptors (Lipinski definition) is 4. The molecule has 0 spiro atoms. The molecule has 3 rings (SSSR count). The zero-order valence-corrected chi connectivity index (χ0v) is 23.5. The third-order valence-electron chi connectivity index (χ3n) is 6.75. The fourth-order valence-electron chi connectivity index (χ4n) is 4.60. The first-order valence-electron chi connectivity index (χ1n) is 12.7. The van der Waals surface area contributed by atoms with Crippen LogP contribution >= 0.6 is 11.6 Å². The molecule has 39 heavy (non-hydrogen) atoms. The van der Waals surface area contributed by atoms with E-state index < -0.39 is 27.8 Å². The molecule has 1 fully saturated rings. The summed E-state index contributed by atoms with van der Waals surface area (Å²) in [5, 5.41) is 3.54. The number of anilines is 1. The van der Waals surface area contributed by atoms with Crippen molar-refractivity contribution >= 4 is 39.1 Å². The van der Waals surface area contributed by atoms with E-state index in [9.17, 15) is 31.2 Å². The van der Waals surface area contributed by atoms with Gasteiger partial charge in [0.2, 0.25) is 21.8 Å². The summed E-state index contributed by atoms with van der Waals surface area (Å²) in [6, 6.07) is 10.2. The minimum atomic E-state index is -4.63. The van der Waals surface area contributed by atoms with Crippen molar-refractivity contribution in [3.63, 3.8) is 0 Å². The van der Waals surface area contributed by atoms with E-state index in [4.69, 9.17) is 11.6 Å². The van der Waals surface area contributed by atoms with Gasteiger partial charge in [-0.1, -0.05) is 42.6 Å². The molecule has 214 valence electrons. The summed E-state index contributed by atoms with van der Waals surface area (Å²) in [6.07, 6.45) is 0.0472. The Balaban J connectivity index is 1.74. The molecule has 2 amide bonds. The van der Waals surface area contributed by atoms with E-state index in [1.54, 1.807) is 31.2 Å². The third kappa shape index (κ3) is 8.86. The number of carbonyl (C=O) groups excluding carboxylic acids is 2. The summed E-state index contributed by atoms with van der Waals surface area (Å²) >= 11 is 5.98. The molecule has 1 saturated carbocycles. The van der Waals surface area contributed by atoms with Crippen LogP contribution in [-0.2, 0) is 32.3 Å². The van der Waals surface area contributed by atoms with Gasteiger partial charge in [0.25, 0.3) is 0 Å². The van der Waals surface area contributed by atoms with Crippen LogP contribution in [0, 0.1) is 0 Å². The normalized spacial score (nSPS) is 15.1. The molecule has 1 unspecified atom stereocenters. The van der Waals surface area contributed by atoms with Gasteiger partial charge in [0, 0.05) is 30.6 Å². The molecule has 0 heterocycles. The number of hydrogen-bond donors (Lipinski definition) is 1. The standard InChI is InChI=1S/C27H33ClF3N3O4S/c1-19(26(36)32-23-8-3-4-9-23)33(18-20-12-14-22(28)15-13-20)25(35)11-6-16-34(39(2,37)38)24-10-5-7-21(17-24)27(29,30)31/h5,7,10,12-15,17,19,23H,3-4,6,8-9,11,16,18H2,1-2H3,(H,32,36). The second-order valence-electron chi connectivity index (χ2n) is 9.80. The van der Waals surface area contributed by atoms with Gasteiger partial charge >= 0.3 is 6.18 Å². The minimum Gasteiger partial charge on any atom is -0.352 e. The second-order valence-corrected chi connectivity index (χ2v) is 12.1. The first kappa shape index (κ1) is 30.7. The molecule has 0 aromatic heterocycles. The van der Waals surface area contributed by atoms with Gasteiger partial charge in [0.1, 0.15) is 6.04 Å². The molecular formula is C27H33ClF3N3O4S. The summed E-state index contributed by atoms with van der Waals surface area (Å²) in [6.45, 7) is 1.57. The van der Waals surface area contributed by atoms with Crippen LogP contribution in [0.1, 0.15) is 56.6 Å². The Labute approximate surface area is 232 Å². The van der Waals surface area contributed by atoms with Gasteiger partial charge in [-0.3, -0.25) is 13.9 Å². The Morgan fingerprint density at radius 2 is 1.74 bits per heavy atom. The van der Waals surface area contributed by atoms with E-state index >= 15 is 0 Å². The van der Waals surface area contributed by atoms with Crippen LogP contribution in [0.3, 0.4) is 0 Å². The molecule has 7 nitrogen and oxygen atoms in total. The van der Waals surface area contributed by atoms with Crippen molar-refractivity contribution in [3.8, 4) is 0 Å². The van der Waals surface area contributed by atoms with Gasteiger partial charge in [0.05, 0.1) is 17.5 Å². The van der Waals surface area contributed by atoms with Gasteiger partial charge < -0.3 is 10.2 Å². The minimum absolute atomic E-state index is 0.0379. The zero-order chi connectivity index (χ0) is 28.8. The van der Waals surface area contributed by atoms with Crippen molar-refractivity contribution in [1.29, 1.82) is 0 Å². The number of amides is 2. The third-order valence-corrected chi connectivity index (χ3v) is 8.19. The SMILES string of the molecule is CC(C(=O)NC1CCCC1)N(Cc1ccc(Cl)cc1)C(=O)CCCN(c1cccc(C(F)(F)F)c1)S(C)(=O)=O. The quantitative estimate of drug-likeness (QED) is 0.382.